The largest absolute Gasteiger partial charge is 0.318 e. The topological polar surface area (TPSA) is 42.3 Å². The van der Waals surface area contributed by atoms with E-state index in [1.165, 1.54) is 4.90 Å². The number of carbonyl (C=O) groups excluding carboxylic acids is 2. The Balaban J connectivity index is 1.65. The molecule has 0 N–H and O–H groups in total. The summed E-state index contributed by atoms with van der Waals surface area (Å²) in [5.41, 5.74) is 5.71. The van der Waals surface area contributed by atoms with E-state index in [9.17, 15) is 9.59 Å². The Morgan fingerprint density at radius 3 is 2.42 bits per heavy atom. The second-order valence-corrected chi connectivity index (χ2v) is 9.26. The SMILES string of the molecule is Cc1ccccc1CN1C(=O)S/C(=C\c2cc(C)n(-c3ccc(Cl)c(Cl)c3)c2C)C1=O. The normalized spacial score (nSPS) is 15.4. The maximum absolute atomic E-state index is 13.0. The molecule has 0 unspecified atom stereocenters. The molecule has 2 heterocycles. The van der Waals surface area contributed by atoms with Crippen molar-refractivity contribution in [1.82, 2.24) is 9.47 Å². The zero-order chi connectivity index (χ0) is 22.3. The van der Waals surface area contributed by atoms with Crippen molar-refractivity contribution in [2.45, 2.75) is 27.3 Å². The molecule has 1 aliphatic rings. The Hall–Kier alpha value is -2.47. The molecule has 7 heteroatoms. The fraction of sp³-hybridized carbons (Fsp3) is 0.167. The van der Waals surface area contributed by atoms with E-state index in [1.54, 1.807) is 12.1 Å². The number of aromatic nitrogens is 1. The number of benzene rings is 2. The summed E-state index contributed by atoms with van der Waals surface area (Å²) in [4.78, 5) is 27.2. The number of thioether (sulfide) groups is 1. The van der Waals surface area contributed by atoms with Crippen LogP contribution in [0.4, 0.5) is 4.79 Å². The van der Waals surface area contributed by atoms with Crippen LogP contribution in [-0.4, -0.2) is 20.6 Å². The van der Waals surface area contributed by atoms with Crippen molar-refractivity contribution in [2.75, 3.05) is 0 Å². The summed E-state index contributed by atoms with van der Waals surface area (Å²) in [5.74, 6) is -0.266. The maximum Gasteiger partial charge on any atom is 0.293 e. The molecule has 4 rings (SSSR count). The molecule has 2 aromatic carbocycles. The van der Waals surface area contributed by atoms with E-state index in [0.717, 1.165) is 45.5 Å². The van der Waals surface area contributed by atoms with Crippen LogP contribution in [0, 0.1) is 20.8 Å². The van der Waals surface area contributed by atoms with Crippen LogP contribution in [-0.2, 0) is 11.3 Å². The monoisotopic (exact) mass is 470 g/mol. The third-order valence-corrected chi connectivity index (χ3v) is 7.03. The lowest BCUT2D eigenvalue weighted by Crippen LogP contribution is -2.27. The third kappa shape index (κ3) is 4.18. The van der Waals surface area contributed by atoms with Crippen molar-refractivity contribution >= 4 is 52.2 Å². The Bertz CT molecular complexity index is 1250. The number of amides is 2. The first-order valence-electron chi connectivity index (χ1n) is 9.70. The Morgan fingerprint density at radius 2 is 1.71 bits per heavy atom. The van der Waals surface area contributed by atoms with Gasteiger partial charge in [0.2, 0.25) is 0 Å². The molecule has 4 nitrogen and oxygen atoms in total. The van der Waals surface area contributed by atoms with Gasteiger partial charge < -0.3 is 4.57 Å². The molecule has 0 aliphatic carbocycles. The third-order valence-electron chi connectivity index (χ3n) is 5.38. The number of carbonyl (C=O) groups is 2. The lowest BCUT2D eigenvalue weighted by Gasteiger charge is -2.14. The fourth-order valence-electron chi connectivity index (χ4n) is 3.69. The van der Waals surface area contributed by atoms with E-state index >= 15 is 0 Å². The van der Waals surface area contributed by atoms with Gasteiger partial charge in [0.25, 0.3) is 11.1 Å². The molecule has 0 spiro atoms. The van der Waals surface area contributed by atoms with E-state index in [4.69, 9.17) is 23.2 Å². The van der Waals surface area contributed by atoms with E-state index in [2.05, 4.69) is 0 Å². The zero-order valence-electron chi connectivity index (χ0n) is 17.3. The molecule has 31 heavy (non-hydrogen) atoms. The molecule has 0 saturated carbocycles. The predicted octanol–water partition coefficient (Wildman–Crippen LogP) is 6.95. The van der Waals surface area contributed by atoms with Crippen LogP contribution in [0.2, 0.25) is 10.0 Å². The molecule has 0 bridgehead atoms. The van der Waals surface area contributed by atoms with Crippen LogP contribution in [0.3, 0.4) is 0 Å². The van der Waals surface area contributed by atoms with Gasteiger partial charge >= 0.3 is 0 Å². The first-order valence-corrected chi connectivity index (χ1v) is 11.3. The molecule has 1 aliphatic heterocycles. The molecule has 0 atom stereocenters. The number of nitrogens with zero attached hydrogens (tertiary/aromatic N) is 2. The van der Waals surface area contributed by atoms with Gasteiger partial charge in [-0.05, 0) is 79.6 Å². The smallest absolute Gasteiger partial charge is 0.293 e. The molecule has 0 radical (unpaired) electrons. The Labute approximate surface area is 195 Å². The van der Waals surface area contributed by atoms with Crippen molar-refractivity contribution in [3.63, 3.8) is 0 Å². The number of imide groups is 1. The molecule has 2 amide bonds. The van der Waals surface area contributed by atoms with Gasteiger partial charge in [0, 0.05) is 17.1 Å². The standard InChI is InChI=1S/C24H20Cl2N2O2S/c1-14-6-4-5-7-17(14)13-27-23(29)22(31-24(27)30)11-18-10-15(2)28(16(18)3)19-8-9-20(25)21(26)12-19/h4-12H,13H2,1-3H3/b22-11-. The minimum Gasteiger partial charge on any atom is -0.318 e. The van der Waals surface area contributed by atoms with Gasteiger partial charge in [-0.25, -0.2) is 0 Å². The van der Waals surface area contributed by atoms with Crippen LogP contribution < -0.4 is 0 Å². The number of aryl methyl sites for hydroxylation is 2. The highest BCUT2D eigenvalue weighted by atomic mass is 35.5. The first kappa shape index (κ1) is 21.8. The summed E-state index contributed by atoms with van der Waals surface area (Å²) in [7, 11) is 0. The second-order valence-electron chi connectivity index (χ2n) is 7.45. The van der Waals surface area contributed by atoms with E-state index < -0.39 is 0 Å². The van der Waals surface area contributed by atoms with Gasteiger partial charge in [0.1, 0.15) is 0 Å². The van der Waals surface area contributed by atoms with E-state index in [-0.39, 0.29) is 17.7 Å². The molecule has 1 fully saturated rings. The minimum absolute atomic E-state index is 0.252. The summed E-state index contributed by atoms with van der Waals surface area (Å²) in [5, 5.41) is 0.721. The van der Waals surface area contributed by atoms with Gasteiger partial charge in [0.05, 0.1) is 21.5 Å². The van der Waals surface area contributed by atoms with Gasteiger partial charge in [-0.15, -0.1) is 0 Å². The first-order chi connectivity index (χ1) is 14.8. The van der Waals surface area contributed by atoms with Crippen molar-refractivity contribution in [3.05, 3.63) is 91.6 Å². The van der Waals surface area contributed by atoms with Crippen LogP contribution in [0.25, 0.3) is 11.8 Å². The average Bonchev–Trinajstić information content (AvgIpc) is 3.15. The van der Waals surface area contributed by atoms with Crippen LogP contribution >= 0.6 is 35.0 Å². The zero-order valence-corrected chi connectivity index (χ0v) is 19.6. The number of hydrogen-bond acceptors (Lipinski definition) is 3. The van der Waals surface area contributed by atoms with Gasteiger partial charge in [0.15, 0.2) is 0 Å². The van der Waals surface area contributed by atoms with Crippen molar-refractivity contribution in [3.8, 4) is 5.69 Å². The van der Waals surface area contributed by atoms with Crippen LogP contribution in [0.5, 0.6) is 0 Å². The average molecular weight is 471 g/mol. The summed E-state index contributed by atoms with van der Waals surface area (Å²) in [6.07, 6.45) is 1.79. The highest BCUT2D eigenvalue weighted by Gasteiger charge is 2.35. The lowest BCUT2D eigenvalue weighted by atomic mass is 10.1. The molecule has 158 valence electrons. The number of hydrogen-bond donors (Lipinski definition) is 0. The lowest BCUT2D eigenvalue weighted by molar-refractivity contribution is -0.123. The summed E-state index contributed by atoms with van der Waals surface area (Å²) in [6.45, 7) is 6.20. The van der Waals surface area contributed by atoms with Crippen LogP contribution in [0.15, 0.2) is 53.4 Å². The van der Waals surface area contributed by atoms with Gasteiger partial charge in [-0.1, -0.05) is 47.5 Å². The maximum atomic E-state index is 13.0. The van der Waals surface area contributed by atoms with Crippen LogP contribution in [0.1, 0.15) is 28.1 Å². The minimum atomic E-state index is -0.266. The van der Waals surface area contributed by atoms with E-state index in [0.29, 0.717) is 15.0 Å². The van der Waals surface area contributed by atoms with Gasteiger partial charge in [-0.2, -0.15) is 0 Å². The predicted molar refractivity (Wildman–Crippen MR) is 128 cm³/mol. The molecule has 1 saturated heterocycles. The summed E-state index contributed by atoms with van der Waals surface area (Å²) >= 11 is 13.2. The fourth-order valence-corrected chi connectivity index (χ4v) is 4.81. The molecule has 1 aromatic heterocycles. The Morgan fingerprint density at radius 1 is 0.968 bits per heavy atom. The molecular formula is C24H20Cl2N2O2S. The molecule has 3 aromatic rings. The number of halogens is 2. The Kier molecular flexibility index (Phi) is 6.02. The highest BCUT2D eigenvalue weighted by Crippen LogP contribution is 2.35. The van der Waals surface area contributed by atoms with Crippen molar-refractivity contribution in [2.24, 2.45) is 0 Å². The summed E-state index contributed by atoms with van der Waals surface area (Å²) < 4.78 is 2.05. The van der Waals surface area contributed by atoms with Crippen molar-refractivity contribution < 1.29 is 9.59 Å². The number of rotatable bonds is 4. The second kappa shape index (κ2) is 8.58. The molecular weight excluding hydrogens is 451 g/mol. The van der Waals surface area contributed by atoms with Crippen molar-refractivity contribution in [1.29, 1.82) is 0 Å². The van der Waals surface area contributed by atoms with Gasteiger partial charge in [-0.3, -0.25) is 14.5 Å². The quantitative estimate of drug-likeness (QED) is 0.387. The van der Waals surface area contributed by atoms with E-state index in [1.807, 2.05) is 67.8 Å². The highest BCUT2D eigenvalue weighted by molar-refractivity contribution is 8.18. The summed E-state index contributed by atoms with van der Waals surface area (Å²) in [6, 6.07) is 15.2.